The molecular formula is C48H30N2O. The smallest absolute Gasteiger partial charge is 0.135 e. The van der Waals surface area contributed by atoms with Crippen LogP contribution in [0.15, 0.2) is 187 Å². The van der Waals surface area contributed by atoms with Crippen LogP contribution >= 0.6 is 0 Å². The molecule has 0 unspecified atom stereocenters. The molecule has 0 atom stereocenters. The quantitative estimate of drug-likeness (QED) is 0.174. The van der Waals surface area contributed by atoms with Gasteiger partial charge in [-0.15, -0.1) is 0 Å². The Morgan fingerprint density at radius 1 is 0.333 bits per heavy atom. The van der Waals surface area contributed by atoms with E-state index in [1.165, 1.54) is 22.3 Å². The van der Waals surface area contributed by atoms with Crippen LogP contribution in [0, 0.1) is 0 Å². The lowest BCUT2D eigenvalue weighted by Crippen LogP contribution is -1.92. The van der Waals surface area contributed by atoms with E-state index in [4.69, 9.17) is 14.4 Å². The van der Waals surface area contributed by atoms with Crippen molar-refractivity contribution in [1.82, 2.24) is 9.97 Å². The summed E-state index contributed by atoms with van der Waals surface area (Å²) >= 11 is 0. The van der Waals surface area contributed by atoms with Gasteiger partial charge in [0.05, 0.1) is 16.7 Å². The molecule has 0 spiro atoms. The highest BCUT2D eigenvalue weighted by atomic mass is 16.3. The van der Waals surface area contributed by atoms with Crippen molar-refractivity contribution in [1.29, 1.82) is 0 Å². The Balaban J connectivity index is 1.22. The Kier molecular flexibility index (Phi) is 6.81. The summed E-state index contributed by atoms with van der Waals surface area (Å²) in [6.45, 7) is 0. The predicted molar refractivity (Wildman–Crippen MR) is 212 cm³/mol. The fraction of sp³-hybridized carbons (Fsp3) is 0. The van der Waals surface area contributed by atoms with Gasteiger partial charge in [-0.25, -0.2) is 4.98 Å². The van der Waals surface area contributed by atoms with Gasteiger partial charge in [-0.1, -0.05) is 109 Å². The summed E-state index contributed by atoms with van der Waals surface area (Å²) in [6.07, 6.45) is 1.84. The average molecular weight is 651 g/mol. The summed E-state index contributed by atoms with van der Waals surface area (Å²) in [5.74, 6) is 0. The Labute approximate surface area is 295 Å². The molecule has 0 amide bonds. The molecule has 0 aliphatic rings. The van der Waals surface area contributed by atoms with Crippen molar-refractivity contribution in [2.24, 2.45) is 0 Å². The predicted octanol–water partition coefficient (Wildman–Crippen LogP) is 13.0. The monoisotopic (exact) mass is 650 g/mol. The van der Waals surface area contributed by atoms with Gasteiger partial charge in [-0.3, -0.25) is 4.98 Å². The molecule has 3 nitrogen and oxygen atoms in total. The largest absolute Gasteiger partial charge is 0.456 e. The molecule has 0 fully saturated rings. The lowest BCUT2D eigenvalue weighted by Gasteiger charge is -2.15. The Hall–Kier alpha value is -6.84. The maximum Gasteiger partial charge on any atom is 0.135 e. The molecule has 0 saturated heterocycles. The van der Waals surface area contributed by atoms with Crippen LogP contribution in [-0.2, 0) is 0 Å². The normalized spacial score (nSPS) is 11.5. The van der Waals surface area contributed by atoms with Gasteiger partial charge in [0.25, 0.3) is 0 Å². The molecular weight excluding hydrogens is 621 g/mol. The van der Waals surface area contributed by atoms with Crippen LogP contribution in [0.4, 0.5) is 0 Å². The summed E-state index contributed by atoms with van der Waals surface area (Å²) in [5, 5.41) is 4.37. The van der Waals surface area contributed by atoms with E-state index in [0.29, 0.717) is 0 Å². The number of hydrogen-bond acceptors (Lipinski definition) is 3. The van der Waals surface area contributed by atoms with Crippen molar-refractivity contribution in [2.45, 2.75) is 0 Å². The van der Waals surface area contributed by atoms with Gasteiger partial charge in [0, 0.05) is 33.3 Å². The number of fused-ring (bicyclic) bond motifs is 6. The minimum Gasteiger partial charge on any atom is -0.456 e. The summed E-state index contributed by atoms with van der Waals surface area (Å²) in [6, 6.07) is 62.3. The van der Waals surface area contributed by atoms with E-state index in [-0.39, 0.29) is 0 Å². The molecule has 0 bridgehead atoms. The van der Waals surface area contributed by atoms with Crippen molar-refractivity contribution in [3.63, 3.8) is 0 Å². The summed E-state index contributed by atoms with van der Waals surface area (Å²) in [5.41, 5.74) is 14.7. The summed E-state index contributed by atoms with van der Waals surface area (Å²) in [4.78, 5) is 10.0. The number of aromatic nitrogens is 2. The van der Waals surface area contributed by atoms with Gasteiger partial charge in [-0.05, 0) is 111 Å². The zero-order valence-corrected chi connectivity index (χ0v) is 27.6. The van der Waals surface area contributed by atoms with E-state index in [0.717, 1.165) is 77.3 Å². The second kappa shape index (κ2) is 11.9. The molecule has 7 aromatic carbocycles. The Bertz CT molecular complexity index is 2850. The highest BCUT2D eigenvalue weighted by Gasteiger charge is 2.15. The number of furan rings is 1. The average Bonchev–Trinajstić information content (AvgIpc) is 3.59. The number of pyridine rings is 2. The molecule has 0 saturated carbocycles. The van der Waals surface area contributed by atoms with Gasteiger partial charge >= 0.3 is 0 Å². The first kappa shape index (κ1) is 29.1. The molecule has 0 N–H and O–H groups in total. The lowest BCUT2D eigenvalue weighted by atomic mass is 9.90. The van der Waals surface area contributed by atoms with Crippen molar-refractivity contribution in [2.75, 3.05) is 0 Å². The van der Waals surface area contributed by atoms with Gasteiger partial charge in [0.15, 0.2) is 0 Å². The minimum absolute atomic E-state index is 0.884. The number of nitrogens with zero attached hydrogens (tertiary/aromatic N) is 2. The third-order valence-corrected chi connectivity index (χ3v) is 9.85. The molecule has 3 aromatic heterocycles. The Morgan fingerprint density at radius 2 is 0.882 bits per heavy atom. The van der Waals surface area contributed by atoms with E-state index < -0.39 is 0 Å². The van der Waals surface area contributed by atoms with Gasteiger partial charge < -0.3 is 4.42 Å². The summed E-state index contributed by atoms with van der Waals surface area (Å²) in [7, 11) is 0. The van der Waals surface area contributed by atoms with Crippen LogP contribution in [0.5, 0.6) is 0 Å². The number of benzene rings is 7. The zero-order valence-electron chi connectivity index (χ0n) is 27.6. The standard InChI is InChI=1S/C48H30N2O/c1-3-10-31(11-4-1)36-24-37(32-12-5-2-6-13-32)26-39(25-36)40-27-38(35-20-22-46-43(30-35)42-15-7-8-16-45(42)51-46)28-41(29-40)44-21-19-34-18-17-33-14-9-23-49-47(33)48(34)50-44/h1-30H. The van der Waals surface area contributed by atoms with Gasteiger partial charge in [0.1, 0.15) is 11.2 Å². The molecule has 10 rings (SSSR count). The van der Waals surface area contributed by atoms with E-state index >= 15 is 0 Å². The van der Waals surface area contributed by atoms with Crippen LogP contribution in [-0.4, -0.2) is 9.97 Å². The number of para-hydroxylation sites is 1. The first-order valence-corrected chi connectivity index (χ1v) is 17.2. The first-order valence-electron chi connectivity index (χ1n) is 17.2. The Morgan fingerprint density at radius 3 is 1.59 bits per heavy atom. The minimum atomic E-state index is 0.884. The van der Waals surface area contributed by atoms with Crippen LogP contribution in [0.1, 0.15) is 0 Å². The lowest BCUT2D eigenvalue weighted by molar-refractivity contribution is 0.669. The SMILES string of the molecule is c1ccc(-c2cc(-c3ccccc3)cc(-c3cc(-c4ccc5oc6ccccc6c5c4)cc(-c4ccc5ccc6cccnc6c5n4)c3)c2)cc1. The third-order valence-electron chi connectivity index (χ3n) is 9.85. The maximum absolute atomic E-state index is 6.20. The molecule has 0 radical (unpaired) electrons. The topological polar surface area (TPSA) is 38.9 Å². The van der Waals surface area contributed by atoms with E-state index in [2.05, 4.69) is 158 Å². The second-order valence-electron chi connectivity index (χ2n) is 13.0. The molecule has 51 heavy (non-hydrogen) atoms. The molecule has 3 heterocycles. The van der Waals surface area contributed by atoms with Crippen molar-refractivity contribution in [3.05, 3.63) is 182 Å². The van der Waals surface area contributed by atoms with Crippen LogP contribution in [0.3, 0.4) is 0 Å². The fourth-order valence-electron chi connectivity index (χ4n) is 7.29. The number of hydrogen-bond donors (Lipinski definition) is 0. The van der Waals surface area contributed by atoms with Crippen LogP contribution < -0.4 is 0 Å². The van der Waals surface area contributed by atoms with E-state index in [9.17, 15) is 0 Å². The maximum atomic E-state index is 6.20. The first-order chi connectivity index (χ1) is 25.2. The molecule has 238 valence electrons. The van der Waals surface area contributed by atoms with Crippen LogP contribution in [0.25, 0.3) is 99.5 Å². The summed E-state index contributed by atoms with van der Waals surface area (Å²) < 4.78 is 6.20. The molecule has 0 aliphatic carbocycles. The second-order valence-corrected chi connectivity index (χ2v) is 13.0. The highest BCUT2D eigenvalue weighted by molar-refractivity contribution is 6.07. The zero-order chi connectivity index (χ0) is 33.7. The van der Waals surface area contributed by atoms with Crippen molar-refractivity contribution >= 4 is 43.7 Å². The van der Waals surface area contributed by atoms with E-state index in [1.54, 1.807) is 0 Å². The van der Waals surface area contributed by atoms with E-state index in [1.807, 2.05) is 24.4 Å². The number of rotatable bonds is 5. The third kappa shape index (κ3) is 5.24. The molecule has 0 aliphatic heterocycles. The molecule has 3 heteroatoms. The fourth-order valence-corrected chi connectivity index (χ4v) is 7.29. The van der Waals surface area contributed by atoms with Crippen molar-refractivity contribution < 1.29 is 4.42 Å². The van der Waals surface area contributed by atoms with Gasteiger partial charge in [0.2, 0.25) is 0 Å². The van der Waals surface area contributed by atoms with Crippen LogP contribution in [0.2, 0.25) is 0 Å². The molecule has 10 aromatic rings. The van der Waals surface area contributed by atoms with Crippen molar-refractivity contribution in [3.8, 4) is 55.8 Å². The highest BCUT2D eigenvalue weighted by Crippen LogP contribution is 2.39. The van der Waals surface area contributed by atoms with Gasteiger partial charge in [-0.2, -0.15) is 0 Å².